The predicted octanol–water partition coefficient (Wildman–Crippen LogP) is 1.16. The van der Waals surface area contributed by atoms with E-state index < -0.39 is 0 Å². The van der Waals surface area contributed by atoms with Crippen molar-refractivity contribution >= 4 is 17.4 Å². The Hall–Kier alpha value is -0.970. The molecular formula is C8H11N3OS. The molecule has 1 atom stereocenters. The van der Waals surface area contributed by atoms with Gasteiger partial charge < -0.3 is 4.90 Å². The second-order valence-electron chi connectivity index (χ2n) is 3.28. The lowest BCUT2D eigenvalue weighted by molar-refractivity contribution is 0.0741. The molecule has 0 radical (unpaired) electrons. The molecule has 1 aliphatic rings. The normalized spacial score (nSPS) is 22.2. The van der Waals surface area contributed by atoms with Crippen molar-refractivity contribution in [1.29, 1.82) is 0 Å². The van der Waals surface area contributed by atoms with Crippen LogP contribution in [0.25, 0.3) is 0 Å². The molecule has 1 fully saturated rings. The van der Waals surface area contributed by atoms with Gasteiger partial charge in [0.1, 0.15) is 0 Å². The van der Waals surface area contributed by atoms with E-state index in [0.717, 1.165) is 19.4 Å². The zero-order chi connectivity index (χ0) is 9.26. The largest absolute Gasteiger partial charge is 0.335 e. The summed E-state index contributed by atoms with van der Waals surface area (Å²) in [6.07, 6.45) is 2.20. The summed E-state index contributed by atoms with van der Waals surface area (Å²) in [5.74, 6) is 0.0266. The van der Waals surface area contributed by atoms with Gasteiger partial charge in [-0.2, -0.15) is 0 Å². The van der Waals surface area contributed by atoms with Gasteiger partial charge in [-0.15, -0.1) is 5.10 Å². The average molecular weight is 197 g/mol. The minimum absolute atomic E-state index is 0.0266. The summed E-state index contributed by atoms with van der Waals surface area (Å²) in [5, 5.41) is 5.47. The second kappa shape index (κ2) is 3.41. The van der Waals surface area contributed by atoms with Crippen LogP contribution in [0.3, 0.4) is 0 Å². The highest BCUT2D eigenvalue weighted by Gasteiger charge is 2.27. The summed E-state index contributed by atoms with van der Waals surface area (Å²) in [5.41, 5.74) is 0.485. The first-order valence-corrected chi connectivity index (χ1v) is 5.20. The lowest BCUT2D eigenvalue weighted by atomic mass is 10.2. The van der Waals surface area contributed by atoms with Crippen LogP contribution in [0.15, 0.2) is 5.38 Å². The van der Waals surface area contributed by atoms with Crippen LogP contribution in [0.5, 0.6) is 0 Å². The van der Waals surface area contributed by atoms with Gasteiger partial charge in [0.25, 0.3) is 5.91 Å². The molecule has 0 aliphatic carbocycles. The molecule has 1 unspecified atom stereocenters. The van der Waals surface area contributed by atoms with Crippen molar-refractivity contribution in [2.75, 3.05) is 6.54 Å². The van der Waals surface area contributed by atoms with Crippen LogP contribution in [0.4, 0.5) is 0 Å². The van der Waals surface area contributed by atoms with Gasteiger partial charge in [0.2, 0.25) is 0 Å². The maximum Gasteiger partial charge on any atom is 0.275 e. The van der Waals surface area contributed by atoms with Crippen LogP contribution in [-0.2, 0) is 0 Å². The summed E-state index contributed by atoms with van der Waals surface area (Å²) in [6, 6.07) is 0.356. The number of aromatic nitrogens is 2. The Labute approximate surface area is 80.7 Å². The fourth-order valence-electron chi connectivity index (χ4n) is 1.64. The smallest absolute Gasteiger partial charge is 0.275 e. The zero-order valence-electron chi connectivity index (χ0n) is 7.43. The standard InChI is InChI=1S/C8H11N3OS/c1-6-3-2-4-11(6)8(12)7-5-13-10-9-7/h5-6H,2-4H2,1H3. The molecule has 1 aromatic heterocycles. The van der Waals surface area contributed by atoms with Crippen LogP contribution in [0.1, 0.15) is 30.3 Å². The molecule has 0 aromatic carbocycles. The van der Waals surface area contributed by atoms with E-state index in [-0.39, 0.29) is 5.91 Å². The number of rotatable bonds is 1. The van der Waals surface area contributed by atoms with E-state index in [4.69, 9.17) is 0 Å². The van der Waals surface area contributed by atoms with Gasteiger partial charge in [0, 0.05) is 18.0 Å². The van der Waals surface area contributed by atoms with E-state index in [1.54, 1.807) is 5.38 Å². The first kappa shape index (κ1) is 8.62. The van der Waals surface area contributed by atoms with Crippen LogP contribution < -0.4 is 0 Å². The van der Waals surface area contributed by atoms with Gasteiger partial charge in [-0.1, -0.05) is 4.49 Å². The van der Waals surface area contributed by atoms with Crippen molar-refractivity contribution in [2.45, 2.75) is 25.8 Å². The number of carbonyl (C=O) groups excluding carboxylic acids is 1. The van der Waals surface area contributed by atoms with Gasteiger partial charge in [0.05, 0.1) is 0 Å². The monoisotopic (exact) mass is 197 g/mol. The van der Waals surface area contributed by atoms with Gasteiger partial charge in [-0.25, -0.2) is 0 Å². The molecule has 2 heterocycles. The van der Waals surface area contributed by atoms with E-state index in [0.29, 0.717) is 11.7 Å². The van der Waals surface area contributed by atoms with E-state index in [1.165, 1.54) is 11.5 Å². The molecule has 0 spiro atoms. The van der Waals surface area contributed by atoms with Gasteiger partial charge in [-0.3, -0.25) is 4.79 Å². The quantitative estimate of drug-likeness (QED) is 0.678. The summed E-state index contributed by atoms with van der Waals surface area (Å²) >= 11 is 1.22. The Kier molecular flexibility index (Phi) is 2.26. The molecule has 2 rings (SSSR count). The van der Waals surface area contributed by atoms with E-state index in [2.05, 4.69) is 16.5 Å². The molecule has 1 aromatic rings. The molecule has 0 N–H and O–H groups in total. The fraction of sp³-hybridized carbons (Fsp3) is 0.625. The number of likely N-dealkylation sites (tertiary alicyclic amines) is 1. The summed E-state index contributed by atoms with van der Waals surface area (Å²) in [6.45, 7) is 2.93. The van der Waals surface area contributed by atoms with E-state index in [9.17, 15) is 4.79 Å². The Morgan fingerprint density at radius 2 is 2.62 bits per heavy atom. The molecule has 70 valence electrons. The predicted molar refractivity (Wildman–Crippen MR) is 49.6 cm³/mol. The van der Waals surface area contributed by atoms with Gasteiger partial charge in [-0.05, 0) is 31.3 Å². The highest BCUT2D eigenvalue weighted by molar-refractivity contribution is 7.03. The molecule has 1 amide bonds. The molecule has 5 heteroatoms. The minimum atomic E-state index is 0.0266. The first-order valence-electron chi connectivity index (χ1n) is 4.37. The van der Waals surface area contributed by atoms with Crippen LogP contribution in [-0.4, -0.2) is 33.0 Å². The van der Waals surface area contributed by atoms with Crippen molar-refractivity contribution in [3.8, 4) is 0 Å². The Morgan fingerprint density at radius 1 is 1.77 bits per heavy atom. The molecule has 0 bridgehead atoms. The number of nitrogens with zero attached hydrogens (tertiary/aromatic N) is 3. The van der Waals surface area contributed by atoms with Crippen LogP contribution in [0, 0.1) is 0 Å². The van der Waals surface area contributed by atoms with Crippen molar-refractivity contribution in [3.05, 3.63) is 11.1 Å². The third-order valence-electron chi connectivity index (χ3n) is 2.39. The summed E-state index contributed by atoms with van der Waals surface area (Å²) in [4.78, 5) is 13.6. The summed E-state index contributed by atoms with van der Waals surface area (Å²) < 4.78 is 3.68. The number of carbonyl (C=O) groups is 1. The van der Waals surface area contributed by atoms with Crippen molar-refractivity contribution in [2.24, 2.45) is 0 Å². The third-order valence-corrected chi connectivity index (χ3v) is 2.90. The third kappa shape index (κ3) is 1.56. The maximum absolute atomic E-state index is 11.7. The topological polar surface area (TPSA) is 46.1 Å². The Balaban J connectivity index is 2.13. The zero-order valence-corrected chi connectivity index (χ0v) is 8.25. The maximum atomic E-state index is 11.7. The number of hydrogen-bond donors (Lipinski definition) is 0. The number of amides is 1. The van der Waals surface area contributed by atoms with E-state index in [1.807, 2.05) is 4.90 Å². The van der Waals surface area contributed by atoms with Crippen molar-refractivity contribution in [1.82, 2.24) is 14.5 Å². The molecule has 0 saturated carbocycles. The Bertz CT molecular complexity index is 298. The highest BCUT2D eigenvalue weighted by atomic mass is 32.1. The van der Waals surface area contributed by atoms with Crippen molar-refractivity contribution < 1.29 is 4.79 Å². The van der Waals surface area contributed by atoms with Crippen LogP contribution in [0.2, 0.25) is 0 Å². The fourth-order valence-corrected chi connectivity index (χ4v) is 2.07. The SMILES string of the molecule is CC1CCCN1C(=O)c1csnn1. The summed E-state index contributed by atoms with van der Waals surface area (Å²) in [7, 11) is 0. The molecular weight excluding hydrogens is 186 g/mol. The average Bonchev–Trinajstić information content (AvgIpc) is 2.72. The van der Waals surface area contributed by atoms with Gasteiger partial charge in [0.15, 0.2) is 5.69 Å². The van der Waals surface area contributed by atoms with E-state index >= 15 is 0 Å². The first-order chi connectivity index (χ1) is 6.29. The number of hydrogen-bond acceptors (Lipinski definition) is 4. The second-order valence-corrected chi connectivity index (χ2v) is 3.89. The molecule has 1 saturated heterocycles. The molecule has 13 heavy (non-hydrogen) atoms. The van der Waals surface area contributed by atoms with Crippen LogP contribution >= 0.6 is 11.5 Å². The minimum Gasteiger partial charge on any atom is -0.335 e. The lowest BCUT2D eigenvalue weighted by Crippen LogP contribution is -2.33. The van der Waals surface area contributed by atoms with Gasteiger partial charge >= 0.3 is 0 Å². The highest BCUT2D eigenvalue weighted by Crippen LogP contribution is 2.18. The van der Waals surface area contributed by atoms with Crippen molar-refractivity contribution in [3.63, 3.8) is 0 Å². The Morgan fingerprint density at radius 3 is 3.15 bits per heavy atom. The lowest BCUT2D eigenvalue weighted by Gasteiger charge is -2.19. The molecule has 1 aliphatic heterocycles. The molecule has 4 nitrogen and oxygen atoms in total.